The SMILES string of the molecule is CCCC(CCO)Nc1nc(N)nc(C)c1Cc1cc(CC(=O)O)ccc1F. The highest BCUT2D eigenvalue weighted by Crippen LogP contribution is 2.25. The number of aliphatic carboxylic acids is 1. The number of aliphatic hydroxyl groups excluding tert-OH is 1. The minimum atomic E-state index is -0.974. The molecule has 5 N–H and O–H groups in total. The number of aliphatic hydroxyl groups is 1. The number of nitrogen functional groups attached to an aromatic ring is 1. The highest BCUT2D eigenvalue weighted by molar-refractivity contribution is 5.70. The Kier molecular flexibility index (Phi) is 7.69. The van der Waals surface area contributed by atoms with Crippen molar-refractivity contribution in [1.82, 2.24) is 9.97 Å². The van der Waals surface area contributed by atoms with Crippen LogP contribution in [0, 0.1) is 12.7 Å². The van der Waals surface area contributed by atoms with E-state index in [0.29, 0.717) is 34.6 Å². The molecule has 2 aromatic rings. The molecule has 8 heteroatoms. The fraction of sp³-hybridized carbons (Fsp3) is 0.450. The molecule has 1 aromatic carbocycles. The monoisotopic (exact) mass is 390 g/mol. The summed E-state index contributed by atoms with van der Waals surface area (Å²) in [4.78, 5) is 19.4. The first kappa shape index (κ1) is 21.6. The van der Waals surface area contributed by atoms with Crippen molar-refractivity contribution < 1.29 is 19.4 Å². The maximum Gasteiger partial charge on any atom is 0.307 e. The van der Waals surface area contributed by atoms with E-state index in [2.05, 4.69) is 22.2 Å². The number of benzene rings is 1. The molecule has 0 spiro atoms. The summed E-state index contributed by atoms with van der Waals surface area (Å²) in [7, 11) is 0. The Balaban J connectivity index is 2.38. The lowest BCUT2D eigenvalue weighted by Crippen LogP contribution is -2.23. The second-order valence-corrected chi connectivity index (χ2v) is 6.81. The van der Waals surface area contributed by atoms with Crippen LogP contribution in [0.15, 0.2) is 18.2 Å². The van der Waals surface area contributed by atoms with Gasteiger partial charge in [-0.3, -0.25) is 4.79 Å². The normalized spacial score (nSPS) is 12.0. The molecule has 7 nitrogen and oxygen atoms in total. The number of nitrogens with two attached hydrogens (primary N) is 1. The summed E-state index contributed by atoms with van der Waals surface area (Å²) in [5.41, 5.74) is 8.01. The van der Waals surface area contributed by atoms with Gasteiger partial charge in [-0.15, -0.1) is 0 Å². The van der Waals surface area contributed by atoms with Gasteiger partial charge in [0.05, 0.1) is 6.42 Å². The number of carbonyl (C=O) groups is 1. The summed E-state index contributed by atoms with van der Waals surface area (Å²) in [6.07, 6.45) is 2.35. The summed E-state index contributed by atoms with van der Waals surface area (Å²) in [5, 5.41) is 21.6. The number of aromatic nitrogens is 2. The van der Waals surface area contributed by atoms with Crippen LogP contribution in [0.5, 0.6) is 0 Å². The molecule has 0 saturated carbocycles. The summed E-state index contributed by atoms with van der Waals surface area (Å²) >= 11 is 0. The first-order valence-electron chi connectivity index (χ1n) is 9.33. The number of carboxylic acid groups (broad SMARTS) is 1. The number of hydrogen-bond acceptors (Lipinski definition) is 6. The zero-order valence-corrected chi connectivity index (χ0v) is 16.2. The van der Waals surface area contributed by atoms with Crippen LogP contribution in [-0.4, -0.2) is 38.8 Å². The van der Waals surface area contributed by atoms with Gasteiger partial charge < -0.3 is 21.3 Å². The second kappa shape index (κ2) is 9.98. The minimum absolute atomic E-state index is 0.00522. The molecule has 152 valence electrons. The van der Waals surface area contributed by atoms with Crippen molar-refractivity contribution in [2.45, 2.75) is 52.0 Å². The van der Waals surface area contributed by atoms with Crippen LogP contribution < -0.4 is 11.1 Å². The van der Waals surface area contributed by atoms with Crippen LogP contribution in [0.4, 0.5) is 16.2 Å². The van der Waals surface area contributed by atoms with Crippen molar-refractivity contribution >= 4 is 17.7 Å². The van der Waals surface area contributed by atoms with Crippen molar-refractivity contribution in [3.05, 3.63) is 46.4 Å². The standard InChI is InChI=1S/C20H27FN4O3/c1-3-4-15(7-8-26)24-19-16(12(2)23-20(22)25-19)11-14-9-13(10-18(27)28)5-6-17(14)21/h5-6,9,15,26H,3-4,7-8,10-11H2,1-2H3,(H,27,28)(H3,22,23,24,25). The van der Waals surface area contributed by atoms with Crippen molar-refractivity contribution in [1.29, 1.82) is 0 Å². The predicted molar refractivity (Wildman–Crippen MR) is 106 cm³/mol. The van der Waals surface area contributed by atoms with E-state index in [1.165, 1.54) is 12.1 Å². The number of hydrogen-bond donors (Lipinski definition) is 4. The molecule has 0 bridgehead atoms. The first-order chi connectivity index (χ1) is 13.3. The van der Waals surface area contributed by atoms with E-state index >= 15 is 0 Å². The van der Waals surface area contributed by atoms with Crippen molar-refractivity contribution in [2.75, 3.05) is 17.7 Å². The third-order valence-electron chi connectivity index (χ3n) is 4.52. The topological polar surface area (TPSA) is 121 Å². The van der Waals surface area contributed by atoms with Gasteiger partial charge in [0.1, 0.15) is 11.6 Å². The number of aryl methyl sites for hydroxylation is 1. The third kappa shape index (κ3) is 5.88. The molecule has 1 unspecified atom stereocenters. The highest BCUT2D eigenvalue weighted by atomic mass is 19.1. The molecule has 0 saturated heterocycles. The van der Waals surface area contributed by atoms with E-state index in [4.69, 9.17) is 10.8 Å². The number of anilines is 2. The first-order valence-corrected chi connectivity index (χ1v) is 9.33. The molecule has 0 radical (unpaired) electrons. The Bertz CT molecular complexity index is 823. The number of halogens is 1. The van der Waals surface area contributed by atoms with Gasteiger partial charge in [0.25, 0.3) is 0 Å². The van der Waals surface area contributed by atoms with Gasteiger partial charge in [0.2, 0.25) is 5.95 Å². The van der Waals surface area contributed by atoms with E-state index in [9.17, 15) is 14.3 Å². The van der Waals surface area contributed by atoms with Crippen molar-refractivity contribution in [3.8, 4) is 0 Å². The summed E-state index contributed by atoms with van der Waals surface area (Å²) in [6.45, 7) is 3.87. The summed E-state index contributed by atoms with van der Waals surface area (Å²) in [6, 6.07) is 4.31. The number of nitrogens with zero attached hydrogens (tertiary/aromatic N) is 2. The van der Waals surface area contributed by atoms with Crippen LogP contribution in [-0.2, 0) is 17.6 Å². The lowest BCUT2D eigenvalue weighted by Gasteiger charge is -2.21. The molecule has 28 heavy (non-hydrogen) atoms. The average molecular weight is 390 g/mol. The largest absolute Gasteiger partial charge is 0.481 e. The van der Waals surface area contributed by atoms with Gasteiger partial charge in [0, 0.05) is 30.3 Å². The lowest BCUT2D eigenvalue weighted by atomic mass is 9.99. The zero-order valence-electron chi connectivity index (χ0n) is 16.2. The molecular weight excluding hydrogens is 363 g/mol. The van der Waals surface area contributed by atoms with Crippen LogP contribution in [0.3, 0.4) is 0 Å². The van der Waals surface area contributed by atoms with Gasteiger partial charge in [-0.2, -0.15) is 4.98 Å². The maximum absolute atomic E-state index is 14.4. The van der Waals surface area contributed by atoms with Crippen LogP contribution in [0.25, 0.3) is 0 Å². The molecule has 0 fully saturated rings. The minimum Gasteiger partial charge on any atom is -0.481 e. The number of nitrogens with one attached hydrogen (secondary N) is 1. The van der Waals surface area contributed by atoms with E-state index < -0.39 is 11.8 Å². The smallest absolute Gasteiger partial charge is 0.307 e. The fourth-order valence-corrected chi connectivity index (χ4v) is 3.17. The van der Waals surface area contributed by atoms with Crippen molar-refractivity contribution in [3.63, 3.8) is 0 Å². The van der Waals surface area contributed by atoms with E-state index in [1.54, 1.807) is 13.0 Å². The molecule has 0 aliphatic carbocycles. The maximum atomic E-state index is 14.4. The summed E-state index contributed by atoms with van der Waals surface area (Å²) < 4.78 is 14.4. The Morgan fingerprint density at radius 1 is 1.32 bits per heavy atom. The Hall–Kier alpha value is -2.74. The average Bonchev–Trinajstić information content (AvgIpc) is 2.60. The number of rotatable bonds is 10. The van der Waals surface area contributed by atoms with Gasteiger partial charge in [-0.25, -0.2) is 9.37 Å². The second-order valence-electron chi connectivity index (χ2n) is 6.81. The predicted octanol–water partition coefficient (Wildman–Crippen LogP) is 2.69. The van der Waals surface area contributed by atoms with Crippen LogP contribution in [0.2, 0.25) is 0 Å². The van der Waals surface area contributed by atoms with E-state index in [0.717, 1.165) is 12.8 Å². The van der Waals surface area contributed by atoms with Gasteiger partial charge in [-0.1, -0.05) is 25.5 Å². The van der Waals surface area contributed by atoms with Crippen LogP contribution >= 0.6 is 0 Å². The fourth-order valence-electron chi connectivity index (χ4n) is 3.17. The molecule has 0 aliphatic heterocycles. The van der Waals surface area contributed by atoms with E-state index in [1.807, 2.05) is 0 Å². The zero-order chi connectivity index (χ0) is 20.7. The Morgan fingerprint density at radius 3 is 2.71 bits per heavy atom. The Morgan fingerprint density at radius 2 is 2.07 bits per heavy atom. The molecule has 1 atom stereocenters. The molecule has 1 aromatic heterocycles. The van der Waals surface area contributed by atoms with Crippen molar-refractivity contribution in [2.24, 2.45) is 0 Å². The molecule has 0 amide bonds. The summed E-state index contributed by atoms with van der Waals surface area (Å²) in [5.74, 6) is -0.766. The molecular formula is C20H27FN4O3. The Labute approximate surface area is 163 Å². The molecule has 2 rings (SSSR count). The lowest BCUT2D eigenvalue weighted by molar-refractivity contribution is -0.136. The van der Waals surface area contributed by atoms with Gasteiger partial charge in [-0.05, 0) is 37.0 Å². The molecule has 0 aliphatic rings. The highest BCUT2D eigenvalue weighted by Gasteiger charge is 2.17. The molecule has 1 heterocycles. The van der Waals surface area contributed by atoms with Gasteiger partial charge in [0.15, 0.2) is 0 Å². The third-order valence-corrected chi connectivity index (χ3v) is 4.52. The quantitative estimate of drug-likeness (QED) is 0.492. The van der Waals surface area contributed by atoms with E-state index in [-0.39, 0.29) is 31.4 Å². The van der Waals surface area contributed by atoms with Gasteiger partial charge >= 0.3 is 5.97 Å². The van der Waals surface area contributed by atoms with Crippen LogP contribution in [0.1, 0.15) is 48.6 Å². The number of carboxylic acids is 1.